The predicted molar refractivity (Wildman–Crippen MR) is 187 cm³/mol. The molecule has 258 valence electrons. The number of amides is 1. The lowest BCUT2D eigenvalue weighted by molar-refractivity contribution is -0.137. The van der Waals surface area contributed by atoms with Gasteiger partial charge >= 0.3 is 6.01 Å². The van der Waals surface area contributed by atoms with E-state index in [0.29, 0.717) is 51.0 Å². The summed E-state index contributed by atoms with van der Waals surface area (Å²) in [6.45, 7) is 11.0. The maximum absolute atomic E-state index is 13.1. The largest absolute Gasteiger partial charge is 0.481 e. The lowest BCUT2D eigenvalue weighted by atomic mass is 9.81. The highest BCUT2D eigenvalue weighted by atomic mass is 35.5. The minimum atomic E-state index is -0.0898. The number of carbonyl (C=O) groups excluding carboxylic acids is 1. The second kappa shape index (κ2) is 18.4. The Morgan fingerprint density at radius 2 is 1.53 bits per heavy atom. The molecule has 0 spiro atoms. The van der Waals surface area contributed by atoms with Crippen molar-refractivity contribution in [2.75, 3.05) is 60.2 Å². The molecule has 0 aliphatic carbocycles. The van der Waals surface area contributed by atoms with E-state index in [2.05, 4.69) is 80.4 Å². The van der Waals surface area contributed by atoms with Gasteiger partial charge in [0.15, 0.2) is 0 Å². The Kier molecular flexibility index (Phi) is 15.0. The maximum atomic E-state index is 13.1. The molecule has 2 aliphatic heterocycles. The number of hydrogen-bond acceptors (Lipinski definition) is 9. The zero-order valence-electron chi connectivity index (χ0n) is 28.0. The van der Waals surface area contributed by atoms with Crippen molar-refractivity contribution in [1.82, 2.24) is 24.7 Å². The minimum Gasteiger partial charge on any atom is -0.481 e. The molecule has 2 aromatic carbocycles. The first-order valence-corrected chi connectivity index (χ1v) is 16.0. The molecule has 3 aromatic rings. The van der Waals surface area contributed by atoms with Gasteiger partial charge in [0.05, 0.1) is 38.4 Å². The molecule has 5 rings (SSSR count). The molecule has 0 N–H and O–H groups in total. The average molecular weight is 691 g/mol. The second-order valence-electron chi connectivity index (χ2n) is 11.9. The van der Waals surface area contributed by atoms with Gasteiger partial charge in [-0.3, -0.25) is 14.6 Å². The number of nitrogens with zero attached hydrogens (tertiary/aromatic N) is 5. The number of piperazine rings is 2. The number of halogens is 2. The average Bonchev–Trinajstić information content (AvgIpc) is 3.05. The maximum Gasteiger partial charge on any atom is 0.323 e. The number of carbonyl (C=O) groups is 1. The number of hydrogen-bond donors (Lipinski definition) is 0. The lowest BCUT2D eigenvalue weighted by Gasteiger charge is -2.53. The molecule has 3 heterocycles. The van der Waals surface area contributed by atoms with Crippen LogP contribution in [0.15, 0.2) is 60.7 Å². The normalized spacial score (nSPS) is 18.2. The minimum absolute atomic E-state index is 0. The van der Waals surface area contributed by atoms with Gasteiger partial charge in [-0.2, -0.15) is 9.97 Å². The first-order chi connectivity index (χ1) is 21.9. The van der Waals surface area contributed by atoms with E-state index in [4.69, 9.17) is 18.9 Å². The topological polar surface area (TPSA) is 89.5 Å². The summed E-state index contributed by atoms with van der Waals surface area (Å²) < 4.78 is 22.9. The van der Waals surface area contributed by atoms with E-state index in [1.807, 2.05) is 25.7 Å². The van der Waals surface area contributed by atoms with E-state index < -0.39 is 0 Å². The Morgan fingerprint density at radius 3 is 2.11 bits per heavy atom. The Labute approximate surface area is 291 Å². The molecule has 2 saturated heterocycles. The summed E-state index contributed by atoms with van der Waals surface area (Å²) in [6, 6.07) is 22.1. The highest BCUT2D eigenvalue weighted by Gasteiger charge is 2.43. The highest BCUT2D eigenvalue weighted by molar-refractivity contribution is 5.85. The van der Waals surface area contributed by atoms with Crippen molar-refractivity contribution in [3.8, 4) is 17.8 Å². The number of benzene rings is 2. The molecule has 2 aliphatic rings. The van der Waals surface area contributed by atoms with Crippen LogP contribution >= 0.6 is 24.8 Å². The molecule has 1 amide bonds. The van der Waals surface area contributed by atoms with Crippen LogP contribution in [0.3, 0.4) is 0 Å². The summed E-state index contributed by atoms with van der Waals surface area (Å²) in [5, 5.41) is 0. The second-order valence-corrected chi connectivity index (χ2v) is 11.9. The predicted octanol–water partition coefficient (Wildman–Crippen LogP) is 5.08. The summed E-state index contributed by atoms with van der Waals surface area (Å²) in [5.41, 5.74) is 3.35. The van der Waals surface area contributed by atoms with Crippen LogP contribution in [-0.2, 0) is 16.1 Å². The van der Waals surface area contributed by atoms with Gasteiger partial charge in [-0.25, -0.2) is 0 Å². The van der Waals surface area contributed by atoms with Gasteiger partial charge in [0.25, 0.3) is 0 Å². The van der Waals surface area contributed by atoms with Crippen LogP contribution < -0.4 is 14.2 Å². The number of ether oxygens (including phenoxy) is 4. The summed E-state index contributed by atoms with van der Waals surface area (Å²) in [7, 11) is 3.26. The monoisotopic (exact) mass is 689 g/mol. The van der Waals surface area contributed by atoms with Gasteiger partial charge in [-0.1, -0.05) is 60.7 Å². The molecule has 47 heavy (non-hydrogen) atoms. The Balaban J connectivity index is 0.00000300. The molecular formula is C35H49Cl2N5O5. The Bertz CT molecular complexity index is 1350. The van der Waals surface area contributed by atoms with Gasteiger partial charge in [0.2, 0.25) is 17.7 Å². The van der Waals surface area contributed by atoms with Crippen LogP contribution in [0.2, 0.25) is 0 Å². The van der Waals surface area contributed by atoms with Crippen LogP contribution in [0, 0.1) is 0 Å². The van der Waals surface area contributed by atoms with E-state index >= 15 is 0 Å². The summed E-state index contributed by atoms with van der Waals surface area (Å²) in [4.78, 5) is 29.4. The van der Waals surface area contributed by atoms with Crippen LogP contribution in [-0.4, -0.2) is 109 Å². The smallest absolute Gasteiger partial charge is 0.323 e. The van der Waals surface area contributed by atoms with Gasteiger partial charge < -0.3 is 23.8 Å². The number of rotatable bonds is 13. The van der Waals surface area contributed by atoms with Crippen LogP contribution in [0.4, 0.5) is 0 Å². The molecule has 2 atom stereocenters. The third-order valence-corrected chi connectivity index (χ3v) is 8.55. The standard InChI is InChI=1S/C35H47N5O5.2ClH/c1-6-44-35-36-33(43-5)29(34(37-35)45-25(2)3)23-38-21-28-22-39(31(41)17-20-42-4)18-19-40(28)30(24-38)32(26-13-9-7-10-14-26)27-15-11-8-12-16-27;;/h7-16,25,28,30,32H,6,17-24H2,1-5H3;2*1H/t28-,30?;;/m1../s1. The first-order valence-electron chi connectivity index (χ1n) is 16.0. The molecule has 1 aromatic heterocycles. The van der Waals surface area contributed by atoms with Crippen molar-refractivity contribution >= 4 is 30.7 Å². The quantitative estimate of drug-likeness (QED) is 0.244. The molecule has 1 unspecified atom stereocenters. The molecule has 0 saturated carbocycles. The van der Waals surface area contributed by atoms with E-state index in [1.54, 1.807) is 14.2 Å². The van der Waals surface area contributed by atoms with Gasteiger partial charge in [0.1, 0.15) is 0 Å². The zero-order chi connectivity index (χ0) is 31.8. The summed E-state index contributed by atoms with van der Waals surface area (Å²) in [6.07, 6.45) is 0.303. The third-order valence-electron chi connectivity index (χ3n) is 8.55. The van der Waals surface area contributed by atoms with Crippen LogP contribution in [0.25, 0.3) is 0 Å². The first kappa shape index (κ1) is 38.3. The molecule has 0 radical (unpaired) electrons. The summed E-state index contributed by atoms with van der Waals surface area (Å²) in [5.74, 6) is 1.20. The molecule has 0 bridgehead atoms. The van der Waals surface area contributed by atoms with E-state index in [0.717, 1.165) is 25.2 Å². The van der Waals surface area contributed by atoms with Gasteiger partial charge in [-0.15, -0.1) is 24.8 Å². The van der Waals surface area contributed by atoms with E-state index in [-0.39, 0.29) is 60.8 Å². The number of aromatic nitrogens is 2. The fourth-order valence-corrected chi connectivity index (χ4v) is 6.64. The third kappa shape index (κ3) is 9.48. The Hall–Kier alpha value is -3.15. The fraction of sp³-hybridized carbons (Fsp3) is 0.514. The highest BCUT2D eigenvalue weighted by Crippen LogP contribution is 2.37. The fourth-order valence-electron chi connectivity index (χ4n) is 6.64. The van der Waals surface area contributed by atoms with Crippen molar-refractivity contribution in [2.24, 2.45) is 0 Å². The molecule has 12 heteroatoms. The molecular weight excluding hydrogens is 641 g/mol. The van der Waals surface area contributed by atoms with Crippen molar-refractivity contribution in [2.45, 2.75) is 57.8 Å². The van der Waals surface area contributed by atoms with Crippen molar-refractivity contribution in [1.29, 1.82) is 0 Å². The van der Waals surface area contributed by atoms with Gasteiger partial charge in [0, 0.05) is 64.4 Å². The number of fused-ring (bicyclic) bond motifs is 1. The Morgan fingerprint density at radius 1 is 0.894 bits per heavy atom. The lowest BCUT2D eigenvalue weighted by Crippen LogP contribution is -2.67. The van der Waals surface area contributed by atoms with Crippen molar-refractivity contribution < 1.29 is 23.7 Å². The molecule has 2 fully saturated rings. The van der Waals surface area contributed by atoms with Gasteiger partial charge in [-0.05, 0) is 31.9 Å². The summed E-state index contributed by atoms with van der Waals surface area (Å²) >= 11 is 0. The van der Waals surface area contributed by atoms with E-state index in [1.165, 1.54) is 11.1 Å². The van der Waals surface area contributed by atoms with Crippen LogP contribution in [0.1, 0.15) is 49.8 Å². The van der Waals surface area contributed by atoms with Crippen molar-refractivity contribution in [3.05, 3.63) is 77.4 Å². The van der Waals surface area contributed by atoms with E-state index in [9.17, 15) is 4.79 Å². The zero-order valence-corrected chi connectivity index (χ0v) is 29.7. The van der Waals surface area contributed by atoms with Crippen molar-refractivity contribution in [3.63, 3.8) is 0 Å². The SMILES string of the molecule is CCOc1nc(OC)c(CN2CC(C(c3ccccc3)c3ccccc3)N3CCN(C(=O)CCOC)C[C@H]3C2)c(OC(C)C)n1.Cl.Cl. The number of methoxy groups -OCH3 is 2. The molecule has 10 nitrogen and oxygen atoms in total. The van der Waals surface area contributed by atoms with Crippen LogP contribution in [0.5, 0.6) is 17.8 Å².